The van der Waals surface area contributed by atoms with Crippen LogP contribution in [0.3, 0.4) is 0 Å². The SMILES string of the molecule is COc1ccc(C(=O)Oc2ccc(C=NNC(=O)c3ccc(O)cc3)cc2OC)cc1OC. The molecular weight excluding hydrogens is 428 g/mol. The highest BCUT2D eigenvalue weighted by Crippen LogP contribution is 2.31. The van der Waals surface area contributed by atoms with Crippen molar-refractivity contribution >= 4 is 18.1 Å². The van der Waals surface area contributed by atoms with E-state index in [4.69, 9.17) is 18.9 Å². The van der Waals surface area contributed by atoms with Gasteiger partial charge in [0, 0.05) is 5.56 Å². The molecule has 0 aliphatic heterocycles. The Morgan fingerprint density at radius 2 is 1.39 bits per heavy atom. The molecule has 0 aliphatic rings. The van der Waals surface area contributed by atoms with Crippen LogP contribution in [-0.2, 0) is 0 Å². The Labute approximate surface area is 190 Å². The van der Waals surface area contributed by atoms with Gasteiger partial charge in [0.25, 0.3) is 5.91 Å². The van der Waals surface area contributed by atoms with E-state index < -0.39 is 11.9 Å². The number of phenolic OH excluding ortho intramolecular Hbond substituents is 1. The molecule has 170 valence electrons. The van der Waals surface area contributed by atoms with Crippen molar-refractivity contribution < 1.29 is 33.6 Å². The van der Waals surface area contributed by atoms with E-state index in [9.17, 15) is 14.7 Å². The molecule has 0 spiro atoms. The van der Waals surface area contributed by atoms with Gasteiger partial charge in [-0.2, -0.15) is 5.10 Å². The summed E-state index contributed by atoms with van der Waals surface area (Å²) in [6.07, 6.45) is 1.42. The quantitative estimate of drug-likeness (QED) is 0.234. The van der Waals surface area contributed by atoms with E-state index >= 15 is 0 Å². The topological polar surface area (TPSA) is 116 Å². The van der Waals surface area contributed by atoms with Crippen LogP contribution in [0.15, 0.2) is 65.8 Å². The maximum Gasteiger partial charge on any atom is 0.343 e. The molecule has 0 bridgehead atoms. The number of benzene rings is 3. The van der Waals surface area contributed by atoms with E-state index in [1.165, 1.54) is 57.9 Å². The lowest BCUT2D eigenvalue weighted by molar-refractivity contribution is 0.0729. The van der Waals surface area contributed by atoms with Crippen molar-refractivity contribution in [3.8, 4) is 28.7 Å². The number of hydrazone groups is 1. The number of amides is 1. The highest BCUT2D eigenvalue weighted by molar-refractivity contribution is 5.95. The number of nitrogens with zero attached hydrogens (tertiary/aromatic N) is 1. The number of esters is 1. The summed E-state index contributed by atoms with van der Waals surface area (Å²) >= 11 is 0. The molecule has 0 radical (unpaired) electrons. The molecule has 0 saturated heterocycles. The summed E-state index contributed by atoms with van der Waals surface area (Å²) in [5.41, 5.74) is 3.62. The van der Waals surface area contributed by atoms with Crippen LogP contribution in [0.1, 0.15) is 26.3 Å². The highest BCUT2D eigenvalue weighted by Gasteiger charge is 2.15. The van der Waals surface area contributed by atoms with E-state index in [0.29, 0.717) is 28.4 Å². The van der Waals surface area contributed by atoms with Gasteiger partial charge < -0.3 is 24.1 Å². The maximum atomic E-state index is 12.6. The van der Waals surface area contributed by atoms with Crippen molar-refractivity contribution in [3.05, 3.63) is 77.4 Å². The molecule has 3 rings (SSSR count). The second-order valence-corrected chi connectivity index (χ2v) is 6.62. The zero-order chi connectivity index (χ0) is 23.8. The number of carbonyl (C=O) groups excluding carboxylic acids is 2. The molecule has 0 saturated carbocycles. The van der Waals surface area contributed by atoms with Gasteiger partial charge in [0.15, 0.2) is 23.0 Å². The summed E-state index contributed by atoms with van der Waals surface area (Å²) in [5.74, 6) is 0.442. The number of hydrogen-bond donors (Lipinski definition) is 2. The molecule has 3 aromatic rings. The molecule has 0 fully saturated rings. The number of hydrogen-bond acceptors (Lipinski definition) is 8. The molecule has 0 heterocycles. The monoisotopic (exact) mass is 450 g/mol. The van der Waals surface area contributed by atoms with Gasteiger partial charge >= 0.3 is 5.97 Å². The van der Waals surface area contributed by atoms with Crippen molar-refractivity contribution in [2.24, 2.45) is 5.10 Å². The fourth-order valence-corrected chi connectivity index (χ4v) is 2.81. The summed E-state index contributed by atoms with van der Waals surface area (Å²) in [7, 11) is 4.42. The van der Waals surface area contributed by atoms with Crippen molar-refractivity contribution in [1.29, 1.82) is 0 Å². The standard InChI is InChI=1S/C24H22N2O7/c1-30-19-11-7-17(13-22(19)32-3)24(29)33-20-10-4-15(12-21(20)31-2)14-25-26-23(28)16-5-8-18(27)9-6-16/h4-14,27H,1-3H3,(H,26,28). The lowest BCUT2D eigenvalue weighted by Gasteiger charge is -2.11. The molecule has 33 heavy (non-hydrogen) atoms. The zero-order valence-electron chi connectivity index (χ0n) is 18.2. The summed E-state index contributed by atoms with van der Waals surface area (Å²) < 4.78 is 21.2. The van der Waals surface area contributed by atoms with Crippen LogP contribution in [0, 0.1) is 0 Å². The van der Waals surface area contributed by atoms with Crippen LogP contribution in [0.4, 0.5) is 0 Å². The molecule has 9 nitrogen and oxygen atoms in total. The molecule has 0 unspecified atom stereocenters. The number of nitrogens with one attached hydrogen (secondary N) is 1. The Morgan fingerprint density at radius 1 is 0.788 bits per heavy atom. The van der Waals surface area contributed by atoms with Crippen LogP contribution < -0.4 is 24.4 Å². The van der Waals surface area contributed by atoms with Crippen molar-refractivity contribution in [1.82, 2.24) is 5.43 Å². The normalized spacial score (nSPS) is 10.5. The second kappa shape index (κ2) is 10.7. The number of ether oxygens (including phenoxy) is 4. The summed E-state index contributed by atoms with van der Waals surface area (Å²) in [6, 6.07) is 15.3. The summed E-state index contributed by atoms with van der Waals surface area (Å²) in [4.78, 5) is 24.6. The third-order valence-electron chi connectivity index (χ3n) is 4.52. The van der Waals surface area contributed by atoms with E-state index in [1.807, 2.05) is 0 Å². The minimum atomic E-state index is -0.600. The predicted octanol–water partition coefficient (Wildman–Crippen LogP) is 3.40. The van der Waals surface area contributed by atoms with Gasteiger partial charge in [-0.15, -0.1) is 0 Å². The van der Waals surface area contributed by atoms with Crippen LogP contribution in [0.5, 0.6) is 28.7 Å². The van der Waals surface area contributed by atoms with Gasteiger partial charge in [-0.1, -0.05) is 0 Å². The maximum absolute atomic E-state index is 12.6. The average molecular weight is 450 g/mol. The van der Waals surface area contributed by atoms with Gasteiger partial charge in [0.1, 0.15) is 5.75 Å². The lowest BCUT2D eigenvalue weighted by Crippen LogP contribution is -2.17. The fourth-order valence-electron chi connectivity index (χ4n) is 2.81. The van der Waals surface area contributed by atoms with Gasteiger partial charge in [-0.25, -0.2) is 10.2 Å². The van der Waals surface area contributed by atoms with E-state index in [-0.39, 0.29) is 17.1 Å². The molecule has 1 amide bonds. The van der Waals surface area contributed by atoms with Crippen molar-refractivity contribution in [2.45, 2.75) is 0 Å². The summed E-state index contributed by atoms with van der Waals surface area (Å²) in [6.45, 7) is 0. The van der Waals surface area contributed by atoms with Crippen LogP contribution in [-0.4, -0.2) is 44.5 Å². The van der Waals surface area contributed by atoms with Gasteiger partial charge in [-0.05, 0) is 66.2 Å². The van der Waals surface area contributed by atoms with E-state index in [1.54, 1.807) is 30.3 Å². The lowest BCUT2D eigenvalue weighted by atomic mass is 10.2. The van der Waals surface area contributed by atoms with Gasteiger partial charge in [-0.3, -0.25) is 4.79 Å². The number of methoxy groups -OCH3 is 3. The van der Waals surface area contributed by atoms with Crippen LogP contribution in [0.2, 0.25) is 0 Å². The number of rotatable bonds is 8. The number of aromatic hydroxyl groups is 1. The highest BCUT2D eigenvalue weighted by atomic mass is 16.6. The second-order valence-electron chi connectivity index (χ2n) is 6.62. The first-order chi connectivity index (χ1) is 15.9. The molecule has 3 aromatic carbocycles. The molecule has 0 aromatic heterocycles. The van der Waals surface area contributed by atoms with Crippen molar-refractivity contribution in [2.75, 3.05) is 21.3 Å². The minimum absolute atomic E-state index is 0.0639. The first-order valence-corrected chi connectivity index (χ1v) is 9.70. The largest absolute Gasteiger partial charge is 0.508 e. The minimum Gasteiger partial charge on any atom is -0.508 e. The number of phenols is 1. The Bertz CT molecular complexity index is 1170. The Hall–Kier alpha value is -4.53. The third kappa shape index (κ3) is 5.79. The van der Waals surface area contributed by atoms with E-state index in [2.05, 4.69) is 10.5 Å². The molecule has 2 N–H and O–H groups in total. The van der Waals surface area contributed by atoms with E-state index in [0.717, 1.165) is 0 Å². The first-order valence-electron chi connectivity index (χ1n) is 9.70. The third-order valence-corrected chi connectivity index (χ3v) is 4.52. The molecule has 0 aliphatic carbocycles. The van der Waals surface area contributed by atoms with Gasteiger partial charge in [0.2, 0.25) is 0 Å². The molecule has 0 atom stereocenters. The van der Waals surface area contributed by atoms with Crippen molar-refractivity contribution in [3.63, 3.8) is 0 Å². The Balaban J connectivity index is 1.69. The van der Waals surface area contributed by atoms with Crippen LogP contribution in [0.25, 0.3) is 0 Å². The predicted molar refractivity (Wildman–Crippen MR) is 121 cm³/mol. The molecule has 9 heteroatoms. The smallest absolute Gasteiger partial charge is 0.343 e. The van der Waals surface area contributed by atoms with Gasteiger partial charge in [0.05, 0.1) is 33.1 Å². The summed E-state index contributed by atoms with van der Waals surface area (Å²) in [5, 5.41) is 13.2. The average Bonchev–Trinajstić information content (AvgIpc) is 2.84. The number of carbonyl (C=O) groups is 2. The Morgan fingerprint density at radius 3 is 2.06 bits per heavy atom. The fraction of sp³-hybridized carbons (Fsp3) is 0.125. The van der Waals surface area contributed by atoms with Crippen LogP contribution >= 0.6 is 0 Å². The molecular formula is C24H22N2O7. The Kier molecular flexibility index (Phi) is 7.48. The first kappa shape index (κ1) is 23.1. The zero-order valence-corrected chi connectivity index (χ0v) is 18.2.